The predicted octanol–water partition coefficient (Wildman–Crippen LogP) is 4.83. The maximum atomic E-state index is 12.6. The van der Waals surface area contributed by atoms with Gasteiger partial charge in [0.2, 0.25) is 0 Å². The molecule has 2 unspecified atom stereocenters. The summed E-state index contributed by atoms with van der Waals surface area (Å²) in [5, 5.41) is 10.8. The summed E-state index contributed by atoms with van der Waals surface area (Å²) in [7, 11) is 0. The molecule has 0 amide bonds. The minimum absolute atomic E-state index is 0.142. The van der Waals surface area contributed by atoms with Crippen molar-refractivity contribution in [1.29, 1.82) is 0 Å². The minimum Gasteiger partial charge on any atom is -0.389 e. The van der Waals surface area contributed by atoms with Crippen molar-refractivity contribution in [2.45, 2.75) is 58.2 Å². The van der Waals surface area contributed by atoms with E-state index in [4.69, 9.17) is 0 Å². The number of hydrogen-bond donors (Lipinski definition) is 1. The molecule has 0 radical (unpaired) electrons. The monoisotopic (exact) mass is 300 g/mol. The lowest BCUT2D eigenvalue weighted by Gasteiger charge is -2.45. The van der Waals surface area contributed by atoms with E-state index in [1.807, 2.05) is 6.92 Å². The summed E-state index contributed by atoms with van der Waals surface area (Å²) in [6, 6.07) is 5.15. The Balaban J connectivity index is 2.11. The van der Waals surface area contributed by atoms with E-state index >= 15 is 0 Å². The van der Waals surface area contributed by atoms with Crippen molar-refractivity contribution < 1.29 is 18.3 Å². The molecule has 2 atom stereocenters. The van der Waals surface area contributed by atoms with Crippen molar-refractivity contribution in [2.75, 3.05) is 0 Å². The van der Waals surface area contributed by atoms with Crippen molar-refractivity contribution in [3.8, 4) is 0 Å². The SMILES string of the molecule is CC1CC(C)(C)CCC1(O)Cc1ccc(C(F)(F)F)cc1. The molecular weight excluding hydrogens is 277 g/mol. The number of benzene rings is 1. The molecule has 0 bridgehead atoms. The van der Waals surface area contributed by atoms with E-state index in [2.05, 4.69) is 13.8 Å². The zero-order valence-electron chi connectivity index (χ0n) is 12.8. The molecule has 1 N–H and O–H groups in total. The molecule has 0 aromatic heterocycles. The number of alkyl halides is 3. The number of aliphatic hydroxyl groups is 1. The maximum absolute atomic E-state index is 12.6. The molecule has 1 aromatic rings. The molecule has 4 heteroatoms. The second-order valence-electron chi connectivity index (χ2n) is 7.24. The largest absolute Gasteiger partial charge is 0.416 e. The maximum Gasteiger partial charge on any atom is 0.416 e. The van der Waals surface area contributed by atoms with Crippen LogP contribution in [0.15, 0.2) is 24.3 Å². The highest BCUT2D eigenvalue weighted by atomic mass is 19.4. The van der Waals surface area contributed by atoms with Gasteiger partial charge < -0.3 is 5.11 Å². The molecule has 21 heavy (non-hydrogen) atoms. The standard InChI is InChI=1S/C17H23F3O/c1-12-10-15(2,3)8-9-16(12,21)11-13-4-6-14(7-5-13)17(18,19)20/h4-7,12,21H,8-11H2,1-3H3. The first-order chi connectivity index (χ1) is 9.52. The van der Waals surface area contributed by atoms with E-state index in [1.165, 1.54) is 12.1 Å². The lowest BCUT2D eigenvalue weighted by molar-refractivity contribution is -0.137. The number of halogens is 3. The van der Waals surface area contributed by atoms with Gasteiger partial charge in [-0.15, -0.1) is 0 Å². The molecule has 118 valence electrons. The normalized spacial score (nSPS) is 29.4. The van der Waals surface area contributed by atoms with Gasteiger partial charge in [0.05, 0.1) is 11.2 Å². The van der Waals surface area contributed by atoms with Gasteiger partial charge in [0, 0.05) is 6.42 Å². The average Bonchev–Trinajstić information content (AvgIpc) is 2.34. The van der Waals surface area contributed by atoms with Gasteiger partial charge >= 0.3 is 6.18 Å². The highest BCUT2D eigenvalue weighted by Crippen LogP contribution is 2.45. The third kappa shape index (κ3) is 3.79. The molecule has 0 heterocycles. The Hall–Kier alpha value is -1.03. The Bertz CT molecular complexity index is 490. The van der Waals surface area contributed by atoms with Crippen LogP contribution in [-0.2, 0) is 12.6 Å². The summed E-state index contributed by atoms with van der Waals surface area (Å²) in [6.07, 6.45) is -1.32. The van der Waals surface area contributed by atoms with E-state index in [1.54, 1.807) is 0 Å². The van der Waals surface area contributed by atoms with Crippen LogP contribution < -0.4 is 0 Å². The van der Waals surface area contributed by atoms with Crippen LogP contribution in [0.25, 0.3) is 0 Å². The Kier molecular flexibility index (Phi) is 4.13. The highest BCUT2D eigenvalue weighted by molar-refractivity contribution is 5.26. The van der Waals surface area contributed by atoms with E-state index in [-0.39, 0.29) is 11.3 Å². The lowest BCUT2D eigenvalue weighted by atomic mass is 9.64. The average molecular weight is 300 g/mol. The number of hydrogen-bond acceptors (Lipinski definition) is 1. The second kappa shape index (κ2) is 5.31. The molecule has 1 nitrogen and oxygen atoms in total. The fraction of sp³-hybridized carbons (Fsp3) is 0.647. The first kappa shape index (κ1) is 16.3. The van der Waals surface area contributed by atoms with Crippen LogP contribution in [0.5, 0.6) is 0 Å². The summed E-state index contributed by atoms with van der Waals surface area (Å²) in [6.45, 7) is 6.42. The van der Waals surface area contributed by atoms with Crippen molar-refractivity contribution in [3.63, 3.8) is 0 Å². The van der Waals surface area contributed by atoms with Crippen LogP contribution in [-0.4, -0.2) is 10.7 Å². The van der Waals surface area contributed by atoms with Crippen molar-refractivity contribution in [1.82, 2.24) is 0 Å². The fourth-order valence-corrected chi connectivity index (χ4v) is 3.35. The Labute approximate surface area is 124 Å². The summed E-state index contributed by atoms with van der Waals surface area (Å²) >= 11 is 0. The molecule has 0 saturated heterocycles. The fourth-order valence-electron chi connectivity index (χ4n) is 3.35. The molecule has 2 rings (SSSR count). The third-order valence-electron chi connectivity index (χ3n) is 4.80. The van der Waals surface area contributed by atoms with Crippen LogP contribution in [0, 0.1) is 11.3 Å². The quantitative estimate of drug-likeness (QED) is 0.829. The molecule has 1 fully saturated rings. The van der Waals surface area contributed by atoms with Crippen LogP contribution in [0.4, 0.5) is 13.2 Å². The lowest BCUT2D eigenvalue weighted by Crippen LogP contribution is -2.45. The summed E-state index contributed by atoms with van der Waals surface area (Å²) < 4.78 is 37.7. The van der Waals surface area contributed by atoms with Gasteiger partial charge in [0.1, 0.15) is 0 Å². The first-order valence-electron chi connectivity index (χ1n) is 7.40. The van der Waals surface area contributed by atoms with Gasteiger partial charge in [-0.2, -0.15) is 13.2 Å². The van der Waals surface area contributed by atoms with Gasteiger partial charge in [-0.05, 0) is 48.3 Å². The van der Waals surface area contributed by atoms with Crippen LogP contribution in [0.2, 0.25) is 0 Å². The van der Waals surface area contributed by atoms with Crippen LogP contribution in [0.3, 0.4) is 0 Å². The Morgan fingerprint density at radius 1 is 1.14 bits per heavy atom. The van der Waals surface area contributed by atoms with Gasteiger partial charge in [0.15, 0.2) is 0 Å². The minimum atomic E-state index is -4.31. The summed E-state index contributed by atoms with van der Waals surface area (Å²) in [5.41, 5.74) is -0.464. The molecule has 0 aliphatic heterocycles. The van der Waals surface area contributed by atoms with Gasteiger partial charge in [-0.25, -0.2) is 0 Å². The van der Waals surface area contributed by atoms with E-state index in [0.717, 1.165) is 30.5 Å². The topological polar surface area (TPSA) is 20.2 Å². The predicted molar refractivity (Wildman–Crippen MR) is 76.9 cm³/mol. The Morgan fingerprint density at radius 3 is 2.19 bits per heavy atom. The van der Waals surface area contributed by atoms with Crippen molar-refractivity contribution in [3.05, 3.63) is 35.4 Å². The van der Waals surface area contributed by atoms with Gasteiger partial charge in [0.25, 0.3) is 0 Å². The molecule has 1 aliphatic carbocycles. The summed E-state index contributed by atoms with van der Waals surface area (Å²) in [5.74, 6) is 0.142. The Morgan fingerprint density at radius 2 is 1.71 bits per heavy atom. The van der Waals surface area contributed by atoms with Gasteiger partial charge in [-0.3, -0.25) is 0 Å². The van der Waals surface area contributed by atoms with E-state index in [9.17, 15) is 18.3 Å². The van der Waals surface area contributed by atoms with E-state index < -0.39 is 17.3 Å². The second-order valence-corrected chi connectivity index (χ2v) is 7.24. The molecule has 1 saturated carbocycles. The smallest absolute Gasteiger partial charge is 0.389 e. The van der Waals surface area contributed by atoms with E-state index in [0.29, 0.717) is 12.8 Å². The molecule has 1 aliphatic rings. The van der Waals surface area contributed by atoms with Crippen molar-refractivity contribution >= 4 is 0 Å². The zero-order valence-corrected chi connectivity index (χ0v) is 12.8. The molecule has 1 aromatic carbocycles. The molecular formula is C17H23F3O. The van der Waals surface area contributed by atoms with Crippen LogP contribution in [0.1, 0.15) is 51.2 Å². The first-order valence-corrected chi connectivity index (χ1v) is 7.40. The van der Waals surface area contributed by atoms with Crippen molar-refractivity contribution in [2.24, 2.45) is 11.3 Å². The highest BCUT2D eigenvalue weighted by Gasteiger charge is 2.42. The van der Waals surface area contributed by atoms with Gasteiger partial charge in [-0.1, -0.05) is 32.9 Å². The molecule has 0 spiro atoms. The number of rotatable bonds is 2. The third-order valence-corrected chi connectivity index (χ3v) is 4.80. The summed E-state index contributed by atoms with van der Waals surface area (Å²) in [4.78, 5) is 0. The van der Waals surface area contributed by atoms with Crippen LogP contribution >= 0.6 is 0 Å². The zero-order chi connectivity index (χ0) is 15.9.